The number of hydrogen-bond donors (Lipinski definition) is 0. The Hall–Kier alpha value is -2.53. The number of nitrogens with zero attached hydrogens (tertiary/aromatic N) is 3. The first-order chi connectivity index (χ1) is 13.7. The van der Waals surface area contributed by atoms with Crippen molar-refractivity contribution >= 4 is 11.0 Å². The van der Waals surface area contributed by atoms with E-state index >= 15 is 0 Å². The van der Waals surface area contributed by atoms with Gasteiger partial charge in [-0.1, -0.05) is 0 Å². The molecule has 0 saturated carbocycles. The summed E-state index contributed by atoms with van der Waals surface area (Å²) in [6, 6.07) is 10.7. The molecule has 1 aliphatic rings. The van der Waals surface area contributed by atoms with Gasteiger partial charge >= 0.3 is 0 Å². The lowest BCUT2D eigenvalue weighted by Gasteiger charge is -2.29. The van der Waals surface area contributed by atoms with Crippen LogP contribution in [0.1, 0.15) is 29.7 Å². The number of pyridine rings is 1. The van der Waals surface area contributed by atoms with Gasteiger partial charge in [-0.15, -0.1) is 0 Å². The van der Waals surface area contributed by atoms with Crippen molar-refractivity contribution in [3.8, 4) is 11.5 Å². The third-order valence-corrected chi connectivity index (χ3v) is 5.67. The Kier molecular flexibility index (Phi) is 5.53. The summed E-state index contributed by atoms with van der Waals surface area (Å²) in [5.41, 5.74) is 4.92. The van der Waals surface area contributed by atoms with Gasteiger partial charge in [0.05, 0.1) is 14.2 Å². The molecular weight excluding hydrogens is 350 g/mol. The number of benzene rings is 1. The largest absolute Gasteiger partial charge is 0.493 e. The highest BCUT2D eigenvalue weighted by Gasteiger charge is 2.19. The predicted octanol–water partition coefficient (Wildman–Crippen LogP) is 4.20. The maximum absolute atomic E-state index is 5.47. The van der Waals surface area contributed by atoms with Crippen molar-refractivity contribution in [2.75, 3.05) is 27.3 Å². The van der Waals surface area contributed by atoms with Gasteiger partial charge in [0.25, 0.3) is 0 Å². The first kappa shape index (κ1) is 18.8. The molecular formula is C23H29N3O2. The number of aryl methyl sites for hydroxylation is 2. The van der Waals surface area contributed by atoms with Gasteiger partial charge in [0.15, 0.2) is 11.5 Å². The van der Waals surface area contributed by atoms with Crippen molar-refractivity contribution in [3.63, 3.8) is 0 Å². The molecule has 1 aliphatic heterocycles. The second kappa shape index (κ2) is 8.23. The fraction of sp³-hybridized carbons (Fsp3) is 0.435. The Morgan fingerprint density at radius 3 is 2.50 bits per heavy atom. The highest BCUT2D eigenvalue weighted by molar-refractivity contribution is 5.76. The van der Waals surface area contributed by atoms with E-state index in [1.54, 1.807) is 14.2 Å². The summed E-state index contributed by atoms with van der Waals surface area (Å²) in [7, 11) is 3.40. The molecule has 0 radical (unpaired) electrons. The molecule has 0 spiro atoms. The van der Waals surface area contributed by atoms with E-state index in [2.05, 4.69) is 52.9 Å². The molecule has 28 heavy (non-hydrogen) atoms. The predicted molar refractivity (Wildman–Crippen MR) is 112 cm³/mol. The number of ether oxygens (including phenoxy) is 2. The topological polar surface area (TPSA) is 39.5 Å². The zero-order valence-electron chi connectivity index (χ0n) is 17.1. The summed E-state index contributed by atoms with van der Waals surface area (Å²) in [6.07, 6.45) is 5.58. The number of hydrogen-bond acceptors (Lipinski definition) is 4. The molecule has 3 aromatic rings. The van der Waals surface area contributed by atoms with Crippen molar-refractivity contribution < 1.29 is 9.47 Å². The second-order valence-corrected chi connectivity index (χ2v) is 7.58. The van der Waals surface area contributed by atoms with E-state index < -0.39 is 0 Å². The molecule has 2 aromatic heterocycles. The normalized spacial score (nSPS) is 14.2. The Morgan fingerprint density at radius 1 is 0.964 bits per heavy atom. The van der Waals surface area contributed by atoms with Crippen molar-refractivity contribution in [1.29, 1.82) is 0 Å². The summed E-state index contributed by atoms with van der Waals surface area (Å²) in [5.74, 6) is 1.66. The van der Waals surface area contributed by atoms with Gasteiger partial charge in [-0.2, -0.15) is 0 Å². The van der Waals surface area contributed by atoms with Crippen LogP contribution in [0.25, 0.3) is 11.0 Å². The van der Waals surface area contributed by atoms with Crippen LogP contribution in [0.4, 0.5) is 0 Å². The van der Waals surface area contributed by atoms with Crippen LogP contribution in [0, 0.1) is 6.92 Å². The van der Waals surface area contributed by atoms with Gasteiger partial charge in [-0.25, -0.2) is 4.98 Å². The molecule has 0 N–H and O–H groups in total. The lowest BCUT2D eigenvalue weighted by Crippen LogP contribution is -2.31. The van der Waals surface area contributed by atoms with Crippen LogP contribution in [0.5, 0.6) is 11.5 Å². The molecule has 1 aromatic carbocycles. The van der Waals surface area contributed by atoms with Crippen molar-refractivity contribution in [1.82, 2.24) is 14.5 Å². The Morgan fingerprint density at radius 2 is 1.71 bits per heavy atom. The van der Waals surface area contributed by atoms with Crippen LogP contribution in [0.3, 0.4) is 0 Å². The number of fused-ring (bicyclic) bond motifs is 2. The molecule has 5 nitrogen and oxygen atoms in total. The lowest BCUT2D eigenvalue weighted by atomic mass is 9.98. The number of unbranched alkanes of at least 4 members (excludes halogenated alkanes) is 1. The standard InChI is InChI=1S/C23H29N3O2/c1-17-6-7-18-9-13-26(23(18)24-17)11-5-4-10-25-12-8-19-14-21(27-2)22(28-3)15-20(19)16-25/h6-7,9,13-15H,4-5,8,10-12,16H2,1-3H3. The molecule has 148 valence electrons. The van der Waals surface area contributed by atoms with Gasteiger partial charge in [0, 0.05) is 36.9 Å². The lowest BCUT2D eigenvalue weighted by molar-refractivity contribution is 0.246. The Balaban J connectivity index is 1.32. The summed E-state index contributed by atoms with van der Waals surface area (Å²) >= 11 is 0. The van der Waals surface area contributed by atoms with E-state index in [1.165, 1.54) is 22.9 Å². The van der Waals surface area contributed by atoms with Crippen LogP contribution in [-0.4, -0.2) is 41.8 Å². The molecule has 0 saturated heterocycles. The number of rotatable bonds is 7. The zero-order valence-corrected chi connectivity index (χ0v) is 17.1. The summed E-state index contributed by atoms with van der Waals surface area (Å²) in [5, 5.41) is 1.22. The van der Waals surface area contributed by atoms with Crippen LogP contribution in [0.15, 0.2) is 36.5 Å². The summed E-state index contributed by atoms with van der Waals surface area (Å²) in [6.45, 7) is 6.29. The zero-order chi connectivity index (χ0) is 19.5. The molecule has 0 unspecified atom stereocenters. The SMILES string of the molecule is COc1cc2c(cc1OC)CN(CCCCn1ccc3ccc(C)nc31)CC2. The van der Waals surface area contributed by atoms with Crippen molar-refractivity contribution in [2.24, 2.45) is 0 Å². The van der Waals surface area contributed by atoms with E-state index in [0.29, 0.717) is 0 Å². The van der Waals surface area contributed by atoms with Gasteiger partial charge in [-0.05, 0) is 74.2 Å². The van der Waals surface area contributed by atoms with Crippen molar-refractivity contribution in [3.05, 3.63) is 53.3 Å². The molecule has 4 rings (SSSR count). The average molecular weight is 380 g/mol. The van der Waals surface area contributed by atoms with Gasteiger partial charge < -0.3 is 14.0 Å². The minimum atomic E-state index is 0.824. The highest BCUT2D eigenvalue weighted by Crippen LogP contribution is 2.33. The summed E-state index contributed by atoms with van der Waals surface area (Å²) < 4.78 is 13.2. The minimum absolute atomic E-state index is 0.824. The third kappa shape index (κ3) is 3.85. The first-order valence-corrected chi connectivity index (χ1v) is 10.1. The van der Waals surface area contributed by atoms with Gasteiger partial charge in [0.2, 0.25) is 0 Å². The smallest absolute Gasteiger partial charge is 0.161 e. The van der Waals surface area contributed by atoms with E-state index in [0.717, 1.165) is 61.9 Å². The average Bonchev–Trinajstić information content (AvgIpc) is 3.12. The highest BCUT2D eigenvalue weighted by atomic mass is 16.5. The third-order valence-electron chi connectivity index (χ3n) is 5.67. The van der Waals surface area contributed by atoms with Crippen LogP contribution < -0.4 is 9.47 Å². The van der Waals surface area contributed by atoms with E-state index in [9.17, 15) is 0 Å². The van der Waals surface area contributed by atoms with Gasteiger partial charge in [-0.3, -0.25) is 4.90 Å². The van der Waals surface area contributed by atoms with Crippen molar-refractivity contribution in [2.45, 2.75) is 39.3 Å². The molecule has 0 amide bonds. The molecule has 5 heteroatoms. The molecule has 0 bridgehead atoms. The second-order valence-electron chi connectivity index (χ2n) is 7.58. The molecule has 0 aliphatic carbocycles. The molecule has 0 atom stereocenters. The van der Waals surface area contributed by atoms with E-state index in [1.807, 2.05) is 0 Å². The van der Waals surface area contributed by atoms with Crippen LogP contribution in [0.2, 0.25) is 0 Å². The fourth-order valence-electron chi connectivity index (χ4n) is 4.09. The molecule has 3 heterocycles. The van der Waals surface area contributed by atoms with Crippen LogP contribution >= 0.6 is 0 Å². The van der Waals surface area contributed by atoms with E-state index in [4.69, 9.17) is 14.5 Å². The van der Waals surface area contributed by atoms with Gasteiger partial charge in [0.1, 0.15) is 5.65 Å². The monoisotopic (exact) mass is 379 g/mol. The maximum Gasteiger partial charge on any atom is 0.161 e. The van der Waals surface area contributed by atoms with E-state index in [-0.39, 0.29) is 0 Å². The number of aromatic nitrogens is 2. The number of methoxy groups -OCH3 is 2. The van der Waals surface area contributed by atoms with Crippen LogP contribution in [-0.2, 0) is 19.5 Å². The Bertz CT molecular complexity index is 964. The first-order valence-electron chi connectivity index (χ1n) is 10.1. The Labute approximate surface area is 166 Å². The maximum atomic E-state index is 5.47. The summed E-state index contributed by atoms with van der Waals surface area (Å²) in [4.78, 5) is 7.24. The fourth-order valence-corrected chi connectivity index (χ4v) is 4.09. The molecule has 0 fully saturated rings. The minimum Gasteiger partial charge on any atom is -0.493 e. The quantitative estimate of drug-likeness (QED) is 0.577.